The fourth-order valence-electron chi connectivity index (χ4n) is 1.89. The van der Waals surface area contributed by atoms with E-state index in [2.05, 4.69) is 28.4 Å². The zero-order chi connectivity index (χ0) is 12.3. The molecule has 1 N–H and O–H groups in total. The highest BCUT2D eigenvalue weighted by Crippen LogP contribution is 2.06. The molecule has 2 aromatic heterocycles. The second kappa shape index (κ2) is 5.10. The highest BCUT2D eigenvalue weighted by atomic mass is 15.3. The lowest BCUT2D eigenvalue weighted by Gasteiger charge is -2.06. The maximum Gasteiger partial charge on any atom is 0.0834 e. The van der Waals surface area contributed by atoms with E-state index < -0.39 is 0 Å². The molecule has 0 aliphatic carbocycles. The van der Waals surface area contributed by atoms with Gasteiger partial charge in [0.2, 0.25) is 0 Å². The average Bonchev–Trinajstić information content (AvgIpc) is 2.58. The number of aryl methyl sites for hydroxylation is 2. The van der Waals surface area contributed by atoms with Crippen molar-refractivity contribution in [3.8, 4) is 0 Å². The third-order valence-electron chi connectivity index (χ3n) is 2.64. The number of hydrogen-bond acceptors (Lipinski definition) is 3. The van der Waals surface area contributed by atoms with Crippen molar-refractivity contribution in [1.29, 1.82) is 0 Å². The zero-order valence-electron chi connectivity index (χ0n) is 10.6. The van der Waals surface area contributed by atoms with Crippen LogP contribution in [0.2, 0.25) is 0 Å². The van der Waals surface area contributed by atoms with Crippen molar-refractivity contribution >= 4 is 0 Å². The zero-order valence-corrected chi connectivity index (χ0v) is 10.6. The molecule has 0 aliphatic rings. The van der Waals surface area contributed by atoms with Crippen molar-refractivity contribution in [2.45, 2.75) is 26.9 Å². The summed E-state index contributed by atoms with van der Waals surface area (Å²) in [6.07, 6.45) is 0. The van der Waals surface area contributed by atoms with Crippen LogP contribution in [0, 0.1) is 13.8 Å². The summed E-state index contributed by atoms with van der Waals surface area (Å²) in [7, 11) is 1.93. The number of nitrogens with one attached hydrogen (secondary N) is 1. The van der Waals surface area contributed by atoms with Crippen molar-refractivity contribution in [3.05, 3.63) is 47.0 Å². The van der Waals surface area contributed by atoms with Crippen molar-refractivity contribution in [2.24, 2.45) is 0 Å². The molecule has 90 valence electrons. The molecular formula is C13H18N4. The first-order valence-electron chi connectivity index (χ1n) is 5.79. The Morgan fingerprint density at radius 3 is 2.65 bits per heavy atom. The van der Waals surface area contributed by atoms with Crippen LogP contribution < -0.4 is 5.32 Å². The van der Waals surface area contributed by atoms with Crippen molar-refractivity contribution in [1.82, 2.24) is 20.1 Å². The lowest BCUT2D eigenvalue weighted by atomic mass is 10.3. The molecule has 0 aliphatic heterocycles. The first kappa shape index (κ1) is 11.8. The molecule has 0 spiro atoms. The molecule has 2 rings (SSSR count). The highest BCUT2D eigenvalue weighted by Gasteiger charge is 2.03. The maximum absolute atomic E-state index is 4.58. The Labute approximate surface area is 102 Å². The van der Waals surface area contributed by atoms with E-state index in [-0.39, 0.29) is 0 Å². The van der Waals surface area contributed by atoms with Crippen LogP contribution in [-0.4, -0.2) is 21.8 Å². The topological polar surface area (TPSA) is 42.7 Å². The van der Waals surface area contributed by atoms with Gasteiger partial charge >= 0.3 is 0 Å². The van der Waals surface area contributed by atoms with Gasteiger partial charge in [-0.1, -0.05) is 6.07 Å². The SMILES string of the molecule is CNCc1cccc(Cn2nc(C)cc2C)n1. The summed E-state index contributed by atoms with van der Waals surface area (Å²) in [5, 5.41) is 7.55. The Hall–Kier alpha value is -1.68. The number of hydrogen-bond donors (Lipinski definition) is 1. The van der Waals surface area contributed by atoms with Crippen LogP contribution in [0.3, 0.4) is 0 Å². The molecule has 0 amide bonds. The van der Waals surface area contributed by atoms with Crippen LogP contribution in [0.15, 0.2) is 24.3 Å². The predicted molar refractivity (Wildman–Crippen MR) is 67.8 cm³/mol. The summed E-state index contributed by atoms with van der Waals surface area (Å²) < 4.78 is 1.99. The van der Waals surface area contributed by atoms with E-state index in [1.54, 1.807) is 0 Å². The van der Waals surface area contributed by atoms with Crippen LogP contribution in [0.1, 0.15) is 22.8 Å². The lowest BCUT2D eigenvalue weighted by molar-refractivity contribution is 0.642. The van der Waals surface area contributed by atoms with E-state index >= 15 is 0 Å². The van der Waals surface area contributed by atoms with Crippen LogP contribution >= 0.6 is 0 Å². The van der Waals surface area contributed by atoms with Gasteiger partial charge in [-0.25, -0.2) is 0 Å². The smallest absolute Gasteiger partial charge is 0.0834 e. The Kier molecular flexibility index (Phi) is 3.54. The summed E-state index contributed by atoms with van der Waals surface area (Å²) in [4.78, 5) is 4.58. The van der Waals surface area contributed by atoms with E-state index in [9.17, 15) is 0 Å². The molecule has 4 heteroatoms. The molecule has 4 nitrogen and oxygen atoms in total. The monoisotopic (exact) mass is 230 g/mol. The summed E-state index contributed by atoms with van der Waals surface area (Å²) >= 11 is 0. The Bertz CT molecular complexity index is 502. The minimum absolute atomic E-state index is 0.733. The van der Waals surface area contributed by atoms with E-state index in [1.807, 2.05) is 36.9 Å². The van der Waals surface area contributed by atoms with Gasteiger partial charge < -0.3 is 5.32 Å². The van der Waals surface area contributed by atoms with Gasteiger partial charge in [0, 0.05) is 12.2 Å². The number of pyridine rings is 1. The summed E-state index contributed by atoms with van der Waals surface area (Å²) in [6.45, 7) is 5.61. The molecule has 2 aromatic rings. The number of rotatable bonds is 4. The maximum atomic E-state index is 4.58. The molecule has 17 heavy (non-hydrogen) atoms. The van der Waals surface area contributed by atoms with Gasteiger partial charge in [0.25, 0.3) is 0 Å². The van der Waals surface area contributed by atoms with Gasteiger partial charge in [-0.15, -0.1) is 0 Å². The molecule has 2 heterocycles. The first-order chi connectivity index (χ1) is 8.19. The van der Waals surface area contributed by atoms with Gasteiger partial charge in [-0.05, 0) is 39.1 Å². The standard InChI is InChI=1S/C13H18N4/c1-10-7-11(2)17(16-10)9-13-6-4-5-12(15-13)8-14-3/h4-7,14H,8-9H2,1-3H3. The molecule has 0 saturated carbocycles. The second-order valence-electron chi connectivity index (χ2n) is 4.24. The van der Waals surface area contributed by atoms with Gasteiger partial charge in [0.05, 0.1) is 23.6 Å². The fraction of sp³-hybridized carbons (Fsp3) is 0.385. The highest BCUT2D eigenvalue weighted by molar-refractivity contribution is 5.13. The Morgan fingerprint density at radius 2 is 2.00 bits per heavy atom. The van der Waals surface area contributed by atoms with Crippen molar-refractivity contribution < 1.29 is 0 Å². The van der Waals surface area contributed by atoms with Crippen LogP contribution in [0.25, 0.3) is 0 Å². The first-order valence-corrected chi connectivity index (χ1v) is 5.79. The van der Waals surface area contributed by atoms with Gasteiger partial charge in [0.1, 0.15) is 0 Å². The van der Waals surface area contributed by atoms with E-state index in [0.717, 1.165) is 30.2 Å². The second-order valence-corrected chi connectivity index (χ2v) is 4.24. The van der Waals surface area contributed by atoms with Crippen molar-refractivity contribution in [3.63, 3.8) is 0 Å². The minimum atomic E-state index is 0.733. The normalized spacial score (nSPS) is 10.8. The molecule has 0 fully saturated rings. The molecular weight excluding hydrogens is 212 g/mol. The van der Waals surface area contributed by atoms with Crippen LogP contribution in [-0.2, 0) is 13.1 Å². The van der Waals surface area contributed by atoms with Gasteiger partial charge in [0.15, 0.2) is 0 Å². The summed E-state index contributed by atoms with van der Waals surface area (Å²) in [6, 6.07) is 8.19. The minimum Gasteiger partial charge on any atom is -0.314 e. The lowest BCUT2D eigenvalue weighted by Crippen LogP contribution is -2.10. The van der Waals surface area contributed by atoms with E-state index in [4.69, 9.17) is 0 Å². The largest absolute Gasteiger partial charge is 0.314 e. The molecule has 0 bridgehead atoms. The third-order valence-corrected chi connectivity index (χ3v) is 2.64. The quantitative estimate of drug-likeness (QED) is 0.868. The third kappa shape index (κ3) is 2.91. The number of aromatic nitrogens is 3. The number of nitrogens with zero attached hydrogens (tertiary/aromatic N) is 3. The summed E-state index contributed by atoms with van der Waals surface area (Å²) in [5.74, 6) is 0. The van der Waals surface area contributed by atoms with Crippen LogP contribution in [0.5, 0.6) is 0 Å². The molecule has 0 atom stereocenters. The van der Waals surface area contributed by atoms with E-state index in [0.29, 0.717) is 0 Å². The van der Waals surface area contributed by atoms with Gasteiger partial charge in [-0.2, -0.15) is 5.10 Å². The average molecular weight is 230 g/mol. The molecule has 0 aromatic carbocycles. The predicted octanol–water partition coefficient (Wildman–Crippen LogP) is 1.66. The Balaban J connectivity index is 2.18. The molecule has 0 saturated heterocycles. The fourth-order valence-corrected chi connectivity index (χ4v) is 1.89. The molecule has 0 radical (unpaired) electrons. The van der Waals surface area contributed by atoms with E-state index in [1.165, 1.54) is 5.69 Å². The summed E-state index contributed by atoms with van der Waals surface area (Å²) in [5.41, 5.74) is 4.33. The van der Waals surface area contributed by atoms with Crippen molar-refractivity contribution in [2.75, 3.05) is 7.05 Å². The molecule has 0 unspecified atom stereocenters. The Morgan fingerprint density at radius 1 is 1.24 bits per heavy atom. The van der Waals surface area contributed by atoms with Gasteiger partial charge in [-0.3, -0.25) is 9.67 Å². The van der Waals surface area contributed by atoms with Crippen LogP contribution in [0.4, 0.5) is 0 Å².